The topological polar surface area (TPSA) is 103 Å². The van der Waals surface area contributed by atoms with Gasteiger partial charge in [0.2, 0.25) is 0 Å². The average Bonchev–Trinajstić information content (AvgIpc) is 2.68. The van der Waals surface area contributed by atoms with Crippen molar-refractivity contribution in [2.45, 2.75) is 12.5 Å². The Balaban J connectivity index is 1.91. The van der Waals surface area contributed by atoms with Gasteiger partial charge in [-0.2, -0.15) is 5.26 Å². The Bertz CT molecular complexity index is 1150. The average molecular weight is 460 g/mol. The van der Waals surface area contributed by atoms with Crippen LogP contribution in [-0.2, 0) is 11.2 Å². The monoisotopic (exact) mass is 459 g/mol. The first-order chi connectivity index (χ1) is 13.8. The van der Waals surface area contributed by atoms with E-state index in [1.807, 2.05) is 0 Å². The van der Waals surface area contributed by atoms with Crippen molar-refractivity contribution in [3.8, 4) is 6.07 Å². The number of fused-ring (bicyclic) bond motifs is 1. The molecule has 2 aromatic carbocycles. The van der Waals surface area contributed by atoms with Gasteiger partial charge in [0.25, 0.3) is 5.91 Å². The molecule has 3 rings (SSSR count). The van der Waals surface area contributed by atoms with Crippen molar-refractivity contribution in [2.24, 2.45) is 0 Å². The number of carboxylic acid groups (broad SMARTS) is 1. The summed E-state index contributed by atoms with van der Waals surface area (Å²) < 4.78 is 28.9. The van der Waals surface area contributed by atoms with Crippen LogP contribution in [0.5, 0.6) is 0 Å². The molecule has 0 aliphatic rings. The highest BCUT2D eigenvalue weighted by atomic mass is 79.9. The lowest BCUT2D eigenvalue weighted by Gasteiger charge is -2.17. The summed E-state index contributed by atoms with van der Waals surface area (Å²) in [5, 5.41) is 21.1. The Labute approximate surface area is 171 Å². The zero-order chi connectivity index (χ0) is 21.1. The van der Waals surface area contributed by atoms with Crippen LogP contribution in [-0.4, -0.2) is 28.0 Å². The molecule has 2 N–H and O–H groups in total. The van der Waals surface area contributed by atoms with Gasteiger partial charge in [0.15, 0.2) is 0 Å². The molecule has 0 saturated carbocycles. The second-order valence-corrected chi connectivity index (χ2v) is 6.96. The quantitative estimate of drug-likeness (QED) is 0.606. The van der Waals surface area contributed by atoms with Crippen LogP contribution in [0.2, 0.25) is 0 Å². The molecule has 3 aromatic rings. The predicted molar refractivity (Wildman–Crippen MR) is 103 cm³/mol. The molecule has 1 heterocycles. The normalized spacial score (nSPS) is 11.7. The molecule has 0 saturated heterocycles. The summed E-state index contributed by atoms with van der Waals surface area (Å²) in [5.41, 5.74) is -0.0350. The fraction of sp³-hybridized carbons (Fsp3) is 0.100. The number of hydrogen-bond acceptors (Lipinski definition) is 4. The van der Waals surface area contributed by atoms with Crippen molar-refractivity contribution in [3.05, 3.63) is 75.4 Å². The van der Waals surface area contributed by atoms with Gasteiger partial charge in [-0.3, -0.25) is 9.78 Å². The number of carboxylic acids is 1. The molecule has 0 bridgehead atoms. The third-order valence-electron chi connectivity index (χ3n) is 4.24. The van der Waals surface area contributed by atoms with E-state index in [9.17, 15) is 23.5 Å². The number of pyridine rings is 1. The second-order valence-electron chi connectivity index (χ2n) is 6.10. The lowest BCUT2D eigenvalue weighted by molar-refractivity contribution is -0.139. The van der Waals surface area contributed by atoms with Crippen LogP contribution in [0.25, 0.3) is 10.9 Å². The van der Waals surface area contributed by atoms with E-state index in [0.29, 0.717) is 28.6 Å². The molecule has 1 amide bonds. The fourth-order valence-corrected chi connectivity index (χ4v) is 3.33. The first-order valence-electron chi connectivity index (χ1n) is 8.26. The first-order valence-corrected chi connectivity index (χ1v) is 9.06. The van der Waals surface area contributed by atoms with Crippen LogP contribution in [0.3, 0.4) is 0 Å². The van der Waals surface area contributed by atoms with Crippen molar-refractivity contribution in [1.29, 1.82) is 5.26 Å². The summed E-state index contributed by atoms with van der Waals surface area (Å²) in [6, 6.07) is 8.37. The Kier molecular flexibility index (Phi) is 5.84. The highest BCUT2D eigenvalue weighted by molar-refractivity contribution is 9.10. The molecular weight excluding hydrogens is 448 g/mol. The number of nitrogens with zero attached hydrogens (tertiary/aromatic N) is 2. The molecule has 6 nitrogen and oxygen atoms in total. The molecular formula is C20H12BrF2N3O3. The van der Waals surface area contributed by atoms with Gasteiger partial charge >= 0.3 is 5.97 Å². The van der Waals surface area contributed by atoms with Crippen LogP contribution >= 0.6 is 15.9 Å². The van der Waals surface area contributed by atoms with Gasteiger partial charge in [-0.05, 0) is 45.8 Å². The standard InChI is InChI=1S/C20H12BrF2N3O3/c21-13-4-3-11(12-2-1-5-25-18(12)13)8-16(20(28)29)26-19(27)17-14(22)6-10(9-24)7-15(17)23/h1-7,16H,8H2,(H,26,27)(H,28,29). The van der Waals surface area contributed by atoms with E-state index in [-0.39, 0.29) is 12.0 Å². The molecule has 29 heavy (non-hydrogen) atoms. The number of hydrogen-bond donors (Lipinski definition) is 2. The number of carbonyl (C=O) groups is 2. The Morgan fingerprint density at radius 3 is 2.55 bits per heavy atom. The minimum absolute atomic E-state index is 0.129. The van der Waals surface area contributed by atoms with Crippen molar-refractivity contribution >= 4 is 38.7 Å². The predicted octanol–water partition coefficient (Wildman–Crippen LogP) is 3.57. The third kappa shape index (κ3) is 4.22. The largest absolute Gasteiger partial charge is 0.480 e. The maximum Gasteiger partial charge on any atom is 0.326 e. The summed E-state index contributed by atoms with van der Waals surface area (Å²) in [4.78, 5) is 28.3. The Morgan fingerprint density at radius 1 is 1.24 bits per heavy atom. The summed E-state index contributed by atoms with van der Waals surface area (Å²) in [6.45, 7) is 0. The van der Waals surface area contributed by atoms with Crippen LogP contribution in [0.1, 0.15) is 21.5 Å². The van der Waals surface area contributed by atoms with Gasteiger partial charge in [-0.15, -0.1) is 0 Å². The highest BCUT2D eigenvalue weighted by Gasteiger charge is 2.26. The molecule has 1 aromatic heterocycles. The molecule has 1 atom stereocenters. The lowest BCUT2D eigenvalue weighted by atomic mass is 10.0. The fourth-order valence-electron chi connectivity index (χ4n) is 2.88. The van der Waals surface area contributed by atoms with E-state index in [0.717, 1.165) is 4.47 Å². The molecule has 0 fully saturated rings. The SMILES string of the molecule is N#Cc1cc(F)c(C(=O)NC(Cc2ccc(Br)c3ncccc23)C(=O)O)c(F)c1. The number of amides is 1. The van der Waals surface area contributed by atoms with Crippen molar-refractivity contribution in [3.63, 3.8) is 0 Å². The Morgan fingerprint density at radius 2 is 1.93 bits per heavy atom. The smallest absolute Gasteiger partial charge is 0.326 e. The van der Waals surface area contributed by atoms with E-state index in [4.69, 9.17) is 5.26 Å². The van der Waals surface area contributed by atoms with E-state index in [2.05, 4.69) is 26.2 Å². The number of benzene rings is 2. The number of aromatic nitrogens is 1. The summed E-state index contributed by atoms with van der Waals surface area (Å²) in [5.74, 6) is -5.09. The van der Waals surface area contributed by atoms with E-state index < -0.39 is 35.1 Å². The molecule has 0 aliphatic carbocycles. The third-order valence-corrected chi connectivity index (χ3v) is 4.88. The van der Waals surface area contributed by atoms with Gasteiger partial charge < -0.3 is 10.4 Å². The van der Waals surface area contributed by atoms with Crippen molar-refractivity contribution in [2.75, 3.05) is 0 Å². The van der Waals surface area contributed by atoms with E-state index in [1.165, 1.54) is 0 Å². The number of halogens is 3. The maximum absolute atomic E-state index is 14.1. The number of carbonyl (C=O) groups excluding carboxylic acids is 1. The Hall–Kier alpha value is -3.38. The maximum atomic E-state index is 14.1. The number of rotatable bonds is 5. The van der Waals surface area contributed by atoms with Crippen LogP contribution in [0.15, 0.2) is 47.1 Å². The van der Waals surface area contributed by atoms with E-state index >= 15 is 0 Å². The minimum Gasteiger partial charge on any atom is -0.480 e. The molecule has 9 heteroatoms. The molecule has 1 unspecified atom stereocenters. The molecule has 146 valence electrons. The zero-order valence-electron chi connectivity index (χ0n) is 14.6. The van der Waals surface area contributed by atoms with Gasteiger partial charge in [0, 0.05) is 22.5 Å². The van der Waals surface area contributed by atoms with Gasteiger partial charge in [-0.25, -0.2) is 13.6 Å². The van der Waals surface area contributed by atoms with Gasteiger partial charge in [0.05, 0.1) is 17.1 Å². The molecule has 0 spiro atoms. The number of aliphatic carboxylic acids is 1. The van der Waals surface area contributed by atoms with Gasteiger partial charge in [0.1, 0.15) is 23.2 Å². The minimum atomic E-state index is -1.44. The summed E-state index contributed by atoms with van der Waals surface area (Å²) >= 11 is 3.37. The van der Waals surface area contributed by atoms with Crippen LogP contribution in [0.4, 0.5) is 8.78 Å². The molecule has 0 aliphatic heterocycles. The number of nitrogens with one attached hydrogen (secondary N) is 1. The second kappa shape index (κ2) is 8.32. The summed E-state index contributed by atoms with van der Waals surface area (Å²) in [7, 11) is 0. The highest BCUT2D eigenvalue weighted by Crippen LogP contribution is 2.26. The first kappa shape index (κ1) is 20.4. The van der Waals surface area contributed by atoms with Crippen LogP contribution < -0.4 is 5.32 Å². The van der Waals surface area contributed by atoms with Crippen LogP contribution in [0, 0.1) is 23.0 Å². The molecule has 0 radical (unpaired) electrons. The van der Waals surface area contributed by atoms with Crippen molar-refractivity contribution in [1.82, 2.24) is 10.3 Å². The van der Waals surface area contributed by atoms with E-state index in [1.54, 1.807) is 36.5 Å². The zero-order valence-corrected chi connectivity index (χ0v) is 16.2. The van der Waals surface area contributed by atoms with Crippen molar-refractivity contribution < 1.29 is 23.5 Å². The lowest BCUT2D eigenvalue weighted by Crippen LogP contribution is -2.43. The van der Waals surface area contributed by atoms with Gasteiger partial charge in [-0.1, -0.05) is 12.1 Å². The summed E-state index contributed by atoms with van der Waals surface area (Å²) in [6.07, 6.45) is 1.46. The number of nitriles is 1.